The summed E-state index contributed by atoms with van der Waals surface area (Å²) in [5, 5.41) is 7.18. The van der Waals surface area contributed by atoms with Crippen LogP contribution in [0.2, 0.25) is 0 Å². The molecule has 0 spiro atoms. The maximum absolute atomic E-state index is 12.0. The Morgan fingerprint density at radius 2 is 2.53 bits per heavy atom. The molecular formula is C14H22N2O2S. The number of urea groups is 1. The molecule has 0 radical (unpaired) electrons. The Balaban J connectivity index is 1.70. The van der Waals surface area contributed by atoms with Crippen LogP contribution >= 0.6 is 11.3 Å². The van der Waals surface area contributed by atoms with E-state index >= 15 is 0 Å². The maximum Gasteiger partial charge on any atom is 0.317 e. The van der Waals surface area contributed by atoms with Gasteiger partial charge in [-0.15, -0.1) is 0 Å². The molecule has 106 valence electrons. The van der Waals surface area contributed by atoms with Gasteiger partial charge in [0.05, 0.1) is 12.7 Å². The van der Waals surface area contributed by atoms with Crippen molar-refractivity contribution in [3.05, 3.63) is 22.4 Å². The molecule has 1 aliphatic rings. The molecule has 1 atom stereocenters. The summed E-state index contributed by atoms with van der Waals surface area (Å²) in [6.45, 7) is 4.92. The standard InChI is InChI=1S/C14H22N2O2S/c1-2-3-13-10-16(7-8-18-13)14(17)15-6-4-12-5-9-19-11-12/h5,9,11,13H,2-4,6-8,10H2,1H3,(H,15,17). The van der Waals surface area contributed by atoms with E-state index in [1.807, 2.05) is 4.90 Å². The van der Waals surface area contributed by atoms with E-state index < -0.39 is 0 Å². The minimum atomic E-state index is 0.0413. The van der Waals surface area contributed by atoms with Crippen LogP contribution in [0.1, 0.15) is 25.3 Å². The van der Waals surface area contributed by atoms with Crippen LogP contribution in [-0.4, -0.2) is 43.3 Å². The molecule has 4 nitrogen and oxygen atoms in total. The van der Waals surface area contributed by atoms with Crippen LogP contribution in [0.5, 0.6) is 0 Å². The van der Waals surface area contributed by atoms with Crippen molar-refractivity contribution in [2.45, 2.75) is 32.3 Å². The molecular weight excluding hydrogens is 260 g/mol. The second kappa shape index (κ2) is 7.50. The van der Waals surface area contributed by atoms with Gasteiger partial charge in [-0.2, -0.15) is 11.3 Å². The zero-order valence-corrected chi connectivity index (χ0v) is 12.2. The highest BCUT2D eigenvalue weighted by atomic mass is 32.1. The maximum atomic E-state index is 12.0. The van der Waals surface area contributed by atoms with Crippen molar-refractivity contribution in [1.82, 2.24) is 10.2 Å². The number of morpholine rings is 1. The molecule has 5 heteroatoms. The number of hydrogen-bond acceptors (Lipinski definition) is 3. The summed E-state index contributed by atoms with van der Waals surface area (Å²) in [6, 6.07) is 2.14. The summed E-state index contributed by atoms with van der Waals surface area (Å²) >= 11 is 1.69. The molecule has 0 saturated carbocycles. The van der Waals surface area contributed by atoms with Crippen molar-refractivity contribution in [1.29, 1.82) is 0 Å². The van der Waals surface area contributed by atoms with Gasteiger partial charge in [-0.3, -0.25) is 0 Å². The highest BCUT2D eigenvalue weighted by molar-refractivity contribution is 7.07. The van der Waals surface area contributed by atoms with Crippen molar-refractivity contribution in [3.8, 4) is 0 Å². The Bertz CT molecular complexity index is 379. The summed E-state index contributed by atoms with van der Waals surface area (Å²) in [6.07, 6.45) is 3.23. The molecule has 2 rings (SSSR count). The normalized spacial score (nSPS) is 19.4. The van der Waals surface area contributed by atoms with E-state index in [2.05, 4.69) is 29.1 Å². The van der Waals surface area contributed by atoms with Gasteiger partial charge in [0.15, 0.2) is 0 Å². The first-order valence-corrected chi connectivity index (χ1v) is 7.89. The third kappa shape index (κ3) is 4.51. The number of hydrogen-bond donors (Lipinski definition) is 1. The molecule has 1 fully saturated rings. The van der Waals surface area contributed by atoms with Gasteiger partial charge in [0.25, 0.3) is 0 Å². The number of nitrogens with one attached hydrogen (secondary N) is 1. The first kappa shape index (κ1) is 14.3. The third-order valence-electron chi connectivity index (χ3n) is 3.31. The van der Waals surface area contributed by atoms with Gasteiger partial charge in [-0.05, 0) is 35.2 Å². The zero-order chi connectivity index (χ0) is 13.5. The van der Waals surface area contributed by atoms with Crippen LogP contribution in [0.25, 0.3) is 0 Å². The fourth-order valence-electron chi connectivity index (χ4n) is 2.26. The number of carbonyl (C=O) groups is 1. The predicted octanol–water partition coefficient (Wildman–Crippen LogP) is 2.50. The summed E-state index contributed by atoms with van der Waals surface area (Å²) < 4.78 is 5.64. The van der Waals surface area contributed by atoms with Crippen molar-refractivity contribution in [3.63, 3.8) is 0 Å². The second-order valence-electron chi connectivity index (χ2n) is 4.84. The molecule has 1 saturated heterocycles. The van der Waals surface area contributed by atoms with Gasteiger partial charge in [0.1, 0.15) is 0 Å². The molecule has 0 aromatic carbocycles. The Morgan fingerprint density at radius 1 is 1.63 bits per heavy atom. The lowest BCUT2D eigenvalue weighted by molar-refractivity contribution is -0.0180. The van der Waals surface area contributed by atoms with Crippen molar-refractivity contribution in [2.75, 3.05) is 26.2 Å². The van der Waals surface area contributed by atoms with Crippen LogP contribution < -0.4 is 5.32 Å². The summed E-state index contributed by atoms with van der Waals surface area (Å²) in [5.74, 6) is 0. The van der Waals surface area contributed by atoms with Crippen LogP contribution in [0, 0.1) is 0 Å². The first-order chi connectivity index (χ1) is 9.29. The number of nitrogens with zero attached hydrogens (tertiary/aromatic N) is 1. The second-order valence-corrected chi connectivity index (χ2v) is 5.62. The van der Waals surface area contributed by atoms with Crippen LogP contribution in [0.3, 0.4) is 0 Å². The predicted molar refractivity (Wildman–Crippen MR) is 77.6 cm³/mol. The SMILES string of the molecule is CCCC1CN(C(=O)NCCc2ccsc2)CCO1. The smallest absolute Gasteiger partial charge is 0.317 e. The largest absolute Gasteiger partial charge is 0.375 e. The van der Waals surface area contributed by atoms with Crippen molar-refractivity contribution in [2.24, 2.45) is 0 Å². The molecule has 19 heavy (non-hydrogen) atoms. The van der Waals surface area contributed by atoms with E-state index in [9.17, 15) is 4.79 Å². The first-order valence-electron chi connectivity index (χ1n) is 6.95. The molecule has 0 aliphatic carbocycles. The molecule has 1 aliphatic heterocycles. The minimum absolute atomic E-state index is 0.0413. The third-order valence-corrected chi connectivity index (χ3v) is 4.04. The zero-order valence-electron chi connectivity index (χ0n) is 11.4. The van der Waals surface area contributed by atoms with E-state index in [4.69, 9.17) is 4.74 Å². The Hall–Kier alpha value is -1.07. The van der Waals surface area contributed by atoms with Crippen LogP contribution in [0.4, 0.5) is 4.79 Å². The molecule has 2 amide bonds. The van der Waals surface area contributed by atoms with Crippen molar-refractivity contribution >= 4 is 17.4 Å². The minimum Gasteiger partial charge on any atom is -0.375 e. The molecule has 1 aromatic rings. The molecule has 1 aromatic heterocycles. The topological polar surface area (TPSA) is 41.6 Å². The average Bonchev–Trinajstić information content (AvgIpc) is 2.92. The van der Waals surface area contributed by atoms with Gasteiger partial charge in [0.2, 0.25) is 0 Å². The number of rotatable bonds is 5. The average molecular weight is 282 g/mol. The highest BCUT2D eigenvalue weighted by Gasteiger charge is 2.23. The fourth-order valence-corrected chi connectivity index (χ4v) is 2.96. The van der Waals surface area contributed by atoms with Gasteiger partial charge in [0, 0.05) is 19.6 Å². The molecule has 2 heterocycles. The lowest BCUT2D eigenvalue weighted by atomic mass is 10.2. The highest BCUT2D eigenvalue weighted by Crippen LogP contribution is 2.10. The lowest BCUT2D eigenvalue weighted by Crippen LogP contribution is -2.49. The van der Waals surface area contributed by atoms with Gasteiger partial charge < -0.3 is 15.0 Å². The van der Waals surface area contributed by atoms with Gasteiger partial charge >= 0.3 is 6.03 Å². The van der Waals surface area contributed by atoms with Crippen LogP contribution in [0.15, 0.2) is 16.8 Å². The monoisotopic (exact) mass is 282 g/mol. The van der Waals surface area contributed by atoms with E-state index in [0.717, 1.165) is 25.8 Å². The number of thiophene rings is 1. The Labute approximate surface area is 118 Å². The molecule has 0 bridgehead atoms. The van der Waals surface area contributed by atoms with E-state index in [1.165, 1.54) is 5.56 Å². The fraction of sp³-hybridized carbons (Fsp3) is 0.643. The van der Waals surface area contributed by atoms with Gasteiger partial charge in [-0.25, -0.2) is 4.79 Å². The van der Waals surface area contributed by atoms with Crippen molar-refractivity contribution < 1.29 is 9.53 Å². The van der Waals surface area contributed by atoms with E-state index in [-0.39, 0.29) is 12.1 Å². The summed E-state index contributed by atoms with van der Waals surface area (Å²) in [5.41, 5.74) is 1.29. The Kier molecular flexibility index (Phi) is 5.66. The van der Waals surface area contributed by atoms with Crippen LogP contribution in [-0.2, 0) is 11.2 Å². The van der Waals surface area contributed by atoms with E-state index in [0.29, 0.717) is 19.7 Å². The molecule has 1 N–H and O–H groups in total. The van der Waals surface area contributed by atoms with E-state index in [1.54, 1.807) is 11.3 Å². The molecule has 1 unspecified atom stereocenters. The quantitative estimate of drug-likeness (QED) is 0.901. The summed E-state index contributed by atoms with van der Waals surface area (Å²) in [7, 11) is 0. The lowest BCUT2D eigenvalue weighted by Gasteiger charge is -2.32. The Morgan fingerprint density at radius 3 is 3.26 bits per heavy atom. The number of amides is 2. The number of carbonyl (C=O) groups excluding carboxylic acids is 1. The number of ether oxygens (including phenoxy) is 1. The summed E-state index contributed by atoms with van der Waals surface area (Å²) in [4.78, 5) is 13.9. The van der Waals surface area contributed by atoms with Gasteiger partial charge in [-0.1, -0.05) is 13.3 Å².